The Morgan fingerprint density at radius 1 is 1.32 bits per heavy atom. The Balaban J connectivity index is 1.55. The van der Waals surface area contributed by atoms with E-state index in [0.29, 0.717) is 18.8 Å². The van der Waals surface area contributed by atoms with Gasteiger partial charge in [0.15, 0.2) is 5.69 Å². The molecule has 0 spiro atoms. The third-order valence-corrected chi connectivity index (χ3v) is 4.10. The van der Waals surface area contributed by atoms with E-state index >= 15 is 0 Å². The fourth-order valence-corrected chi connectivity index (χ4v) is 2.82. The molecule has 0 unspecified atom stereocenters. The molecule has 0 radical (unpaired) electrons. The van der Waals surface area contributed by atoms with Crippen LogP contribution in [0.4, 0.5) is 0 Å². The molecule has 2 atom stereocenters. The summed E-state index contributed by atoms with van der Waals surface area (Å²) in [7, 11) is 0. The molecule has 0 aliphatic heterocycles. The molecule has 1 saturated carbocycles. The van der Waals surface area contributed by atoms with Crippen molar-refractivity contribution in [2.45, 2.75) is 31.9 Å². The molecule has 6 nitrogen and oxygen atoms in total. The van der Waals surface area contributed by atoms with Crippen molar-refractivity contribution < 1.29 is 9.90 Å². The van der Waals surface area contributed by atoms with Crippen molar-refractivity contribution in [2.24, 2.45) is 5.92 Å². The number of aliphatic hydroxyl groups excluding tert-OH is 1. The average Bonchev–Trinajstić information content (AvgIpc) is 3.15. The van der Waals surface area contributed by atoms with Gasteiger partial charge < -0.3 is 10.4 Å². The molecule has 0 bridgehead atoms. The number of rotatable bonds is 5. The summed E-state index contributed by atoms with van der Waals surface area (Å²) in [5.41, 5.74) is 1.41. The van der Waals surface area contributed by atoms with Gasteiger partial charge in [-0.1, -0.05) is 42.0 Å². The topological polar surface area (TPSA) is 80.0 Å². The first-order valence-corrected chi connectivity index (χ1v) is 7.62. The summed E-state index contributed by atoms with van der Waals surface area (Å²) in [5, 5.41) is 20.5. The van der Waals surface area contributed by atoms with E-state index in [1.165, 1.54) is 0 Å². The monoisotopic (exact) mass is 300 g/mol. The third-order valence-electron chi connectivity index (χ3n) is 4.10. The quantitative estimate of drug-likeness (QED) is 0.870. The van der Waals surface area contributed by atoms with Crippen molar-refractivity contribution in [3.63, 3.8) is 0 Å². The van der Waals surface area contributed by atoms with Crippen LogP contribution in [0.25, 0.3) is 0 Å². The highest BCUT2D eigenvalue weighted by molar-refractivity contribution is 5.91. The molecule has 3 rings (SSSR count). The van der Waals surface area contributed by atoms with Crippen molar-refractivity contribution in [3.05, 3.63) is 47.8 Å². The minimum Gasteiger partial charge on any atom is -0.393 e. The molecule has 1 amide bonds. The lowest BCUT2D eigenvalue weighted by molar-refractivity contribution is 0.0912. The molecule has 1 aromatic carbocycles. The van der Waals surface area contributed by atoms with Crippen molar-refractivity contribution in [2.75, 3.05) is 6.54 Å². The van der Waals surface area contributed by atoms with Gasteiger partial charge in [0.1, 0.15) is 0 Å². The van der Waals surface area contributed by atoms with Crippen LogP contribution in [0, 0.1) is 5.92 Å². The summed E-state index contributed by atoms with van der Waals surface area (Å²) in [4.78, 5) is 12.1. The van der Waals surface area contributed by atoms with Crippen LogP contribution >= 0.6 is 0 Å². The van der Waals surface area contributed by atoms with Crippen molar-refractivity contribution >= 4 is 5.91 Å². The molecule has 1 fully saturated rings. The van der Waals surface area contributed by atoms with E-state index in [2.05, 4.69) is 15.6 Å². The van der Waals surface area contributed by atoms with Gasteiger partial charge in [-0.3, -0.25) is 4.79 Å². The number of hydrogen-bond acceptors (Lipinski definition) is 4. The summed E-state index contributed by atoms with van der Waals surface area (Å²) in [5.74, 6) is -0.0817. The van der Waals surface area contributed by atoms with Crippen LogP contribution in [0.3, 0.4) is 0 Å². The molecule has 6 heteroatoms. The minimum absolute atomic E-state index is 0.156. The lowest BCUT2D eigenvalue weighted by atomic mass is 10.1. The highest BCUT2D eigenvalue weighted by Crippen LogP contribution is 2.24. The van der Waals surface area contributed by atoms with Gasteiger partial charge >= 0.3 is 0 Å². The fourth-order valence-electron chi connectivity index (χ4n) is 2.82. The number of benzene rings is 1. The first-order chi connectivity index (χ1) is 10.7. The number of hydrogen-bond donors (Lipinski definition) is 2. The van der Waals surface area contributed by atoms with Crippen LogP contribution in [-0.2, 0) is 6.54 Å². The molecule has 2 N–H and O–H groups in total. The van der Waals surface area contributed by atoms with Gasteiger partial charge in [0.25, 0.3) is 5.91 Å². The highest BCUT2D eigenvalue weighted by Gasteiger charge is 2.25. The number of aromatic nitrogens is 3. The molecule has 1 aliphatic carbocycles. The fraction of sp³-hybridized carbons (Fsp3) is 0.438. The van der Waals surface area contributed by atoms with Crippen molar-refractivity contribution in [1.29, 1.82) is 0 Å². The Morgan fingerprint density at radius 3 is 2.86 bits per heavy atom. The highest BCUT2D eigenvalue weighted by atomic mass is 16.3. The molecule has 0 saturated heterocycles. The van der Waals surface area contributed by atoms with Crippen LogP contribution in [0.1, 0.15) is 35.3 Å². The largest absolute Gasteiger partial charge is 0.393 e. The van der Waals surface area contributed by atoms with Gasteiger partial charge in [-0.05, 0) is 18.4 Å². The summed E-state index contributed by atoms with van der Waals surface area (Å²) in [6.07, 6.45) is 4.16. The summed E-state index contributed by atoms with van der Waals surface area (Å²) in [6.45, 7) is 1.08. The van der Waals surface area contributed by atoms with Crippen LogP contribution in [0.2, 0.25) is 0 Å². The van der Waals surface area contributed by atoms with Gasteiger partial charge in [-0.2, -0.15) is 0 Å². The number of amides is 1. The molecule has 1 heterocycles. The third kappa shape index (κ3) is 3.51. The first kappa shape index (κ1) is 14.7. The number of aliphatic hydroxyl groups is 1. The lowest BCUT2D eigenvalue weighted by Crippen LogP contribution is -2.32. The normalized spacial score (nSPS) is 21.0. The van der Waals surface area contributed by atoms with E-state index in [-0.39, 0.29) is 17.9 Å². The zero-order chi connectivity index (χ0) is 15.4. The maximum Gasteiger partial charge on any atom is 0.273 e. The second kappa shape index (κ2) is 6.70. The Labute approximate surface area is 129 Å². The van der Waals surface area contributed by atoms with Gasteiger partial charge in [-0.25, -0.2) is 4.68 Å². The molecule has 2 aromatic rings. The second-order valence-corrected chi connectivity index (χ2v) is 5.76. The molecular formula is C16H20N4O2. The lowest BCUT2D eigenvalue weighted by Gasteiger charge is -2.14. The Morgan fingerprint density at radius 2 is 2.14 bits per heavy atom. The average molecular weight is 300 g/mol. The molecular weight excluding hydrogens is 280 g/mol. The summed E-state index contributed by atoms with van der Waals surface area (Å²) < 4.78 is 1.65. The molecule has 1 aliphatic rings. The summed E-state index contributed by atoms with van der Waals surface area (Å²) in [6, 6.07) is 9.90. The van der Waals surface area contributed by atoms with E-state index in [1.54, 1.807) is 10.9 Å². The van der Waals surface area contributed by atoms with Crippen LogP contribution in [-0.4, -0.2) is 38.7 Å². The number of nitrogens with zero attached hydrogens (tertiary/aromatic N) is 3. The van der Waals surface area contributed by atoms with E-state index < -0.39 is 0 Å². The van der Waals surface area contributed by atoms with E-state index in [1.807, 2.05) is 30.3 Å². The van der Waals surface area contributed by atoms with Gasteiger partial charge in [0.05, 0.1) is 18.8 Å². The Hall–Kier alpha value is -2.21. The SMILES string of the molecule is O=C(NC[C@@H]1CCC[C@H]1O)c1cn(Cc2ccccc2)nn1. The molecule has 1 aromatic heterocycles. The molecule has 22 heavy (non-hydrogen) atoms. The maximum absolute atomic E-state index is 12.1. The Bertz CT molecular complexity index is 626. The number of carbonyl (C=O) groups excluding carboxylic acids is 1. The van der Waals surface area contributed by atoms with Crippen molar-refractivity contribution in [1.82, 2.24) is 20.3 Å². The van der Waals surface area contributed by atoms with Crippen LogP contribution in [0.5, 0.6) is 0 Å². The summed E-state index contributed by atoms with van der Waals surface area (Å²) >= 11 is 0. The predicted molar refractivity (Wildman–Crippen MR) is 81.2 cm³/mol. The number of carbonyl (C=O) groups is 1. The molecule has 116 valence electrons. The van der Waals surface area contributed by atoms with E-state index in [4.69, 9.17) is 0 Å². The van der Waals surface area contributed by atoms with Crippen molar-refractivity contribution in [3.8, 4) is 0 Å². The van der Waals surface area contributed by atoms with Crippen LogP contribution < -0.4 is 5.32 Å². The van der Waals surface area contributed by atoms with Crippen LogP contribution in [0.15, 0.2) is 36.5 Å². The Kier molecular flexibility index (Phi) is 4.48. The second-order valence-electron chi connectivity index (χ2n) is 5.76. The van der Waals surface area contributed by atoms with Gasteiger partial charge in [0, 0.05) is 12.5 Å². The van der Waals surface area contributed by atoms with Gasteiger partial charge in [0.2, 0.25) is 0 Å². The van der Waals surface area contributed by atoms with E-state index in [0.717, 1.165) is 24.8 Å². The standard InChI is InChI=1S/C16H20N4O2/c21-15-8-4-7-13(15)9-17-16(22)14-11-20(19-18-14)10-12-5-2-1-3-6-12/h1-3,5-6,11,13,15,21H,4,7-10H2,(H,17,22)/t13-,15+/m0/s1. The smallest absolute Gasteiger partial charge is 0.273 e. The maximum atomic E-state index is 12.1. The number of nitrogens with one attached hydrogen (secondary N) is 1. The van der Waals surface area contributed by atoms with E-state index in [9.17, 15) is 9.90 Å². The minimum atomic E-state index is -0.297. The van der Waals surface area contributed by atoms with Gasteiger partial charge in [-0.15, -0.1) is 5.10 Å². The first-order valence-electron chi connectivity index (χ1n) is 7.62. The zero-order valence-electron chi connectivity index (χ0n) is 12.4. The zero-order valence-corrected chi connectivity index (χ0v) is 12.4. The predicted octanol–water partition coefficient (Wildman–Crippen LogP) is 1.22.